The van der Waals surface area contributed by atoms with Gasteiger partial charge in [-0.1, -0.05) is 31.0 Å². The molecule has 2 amide bonds. The van der Waals surface area contributed by atoms with Gasteiger partial charge >= 0.3 is 5.97 Å². The van der Waals surface area contributed by atoms with Crippen LogP contribution in [0.2, 0.25) is 0 Å². The normalized spacial score (nSPS) is 27.8. The first kappa shape index (κ1) is 18.0. The van der Waals surface area contributed by atoms with Crippen LogP contribution < -0.4 is 10.8 Å². The Morgan fingerprint density at radius 1 is 0.935 bits per heavy atom. The van der Waals surface area contributed by atoms with Crippen molar-refractivity contribution in [3.63, 3.8) is 0 Å². The topological polar surface area (TPSA) is 175 Å². The molecule has 31 heavy (non-hydrogen) atoms. The third kappa shape index (κ3) is 7.89. The molecule has 1 aliphatic rings. The maximum Gasteiger partial charge on any atom is 0.335 e. The predicted molar refractivity (Wildman–Crippen MR) is 106 cm³/mol. The van der Waals surface area contributed by atoms with Gasteiger partial charge in [0, 0.05) is 18.5 Å². The first-order valence-corrected chi connectivity index (χ1v) is 9.60. The van der Waals surface area contributed by atoms with Crippen LogP contribution in [0.1, 0.15) is 45.4 Å². The molecule has 0 saturated carbocycles. The van der Waals surface area contributed by atoms with Gasteiger partial charge < -0.3 is 30.5 Å². The second kappa shape index (κ2) is 12.3. The number of unbranched alkanes of at least 4 members (excludes halogenated alkanes) is 3. The molecule has 172 valence electrons. The fourth-order valence-corrected chi connectivity index (χ4v) is 2.76. The highest BCUT2D eigenvalue weighted by Gasteiger charge is 2.47. The summed E-state index contributed by atoms with van der Waals surface area (Å²) in [4.78, 5) is 39.9. The van der Waals surface area contributed by atoms with Crippen molar-refractivity contribution in [1.29, 1.82) is 0 Å². The van der Waals surface area contributed by atoms with Crippen molar-refractivity contribution in [3.8, 4) is 0 Å². The smallest absolute Gasteiger partial charge is 0.335 e. The Morgan fingerprint density at radius 2 is 1.55 bits per heavy atom. The number of ether oxygens (including phenoxy) is 1. The number of para-hydroxylation sites is 1. The van der Waals surface area contributed by atoms with Gasteiger partial charge in [0.05, 0.1) is 6.85 Å². The van der Waals surface area contributed by atoms with Crippen molar-refractivity contribution < 1.29 is 51.2 Å². The molecule has 0 spiro atoms. The molecule has 0 aromatic heterocycles. The van der Waals surface area contributed by atoms with Crippen LogP contribution in [0.4, 0.5) is 5.69 Å². The molecular formula is C20H28N2O9. The molecule has 11 nitrogen and oxygen atoms in total. The maximum absolute atomic E-state index is 12.1. The van der Waals surface area contributed by atoms with Crippen molar-refractivity contribution >= 4 is 23.5 Å². The Balaban J connectivity index is 1.67. The highest BCUT2D eigenvalue weighted by Crippen LogP contribution is 2.21. The van der Waals surface area contributed by atoms with E-state index in [0.29, 0.717) is 25.7 Å². The van der Waals surface area contributed by atoms with Gasteiger partial charge in [0.15, 0.2) is 6.10 Å². The van der Waals surface area contributed by atoms with E-state index in [-0.39, 0.29) is 18.5 Å². The first-order valence-electron chi connectivity index (χ1n) is 12.1. The largest absolute Gasteiger partial charge is 0.479 e. The molecule has 11 heteroatoms. The monoisotopic (exact) mass is 445 g/mol. The summed E-state index contributed by atoms with van der Waals surface area (Å²) in [7, 11) is 0. The van der Waals surface area contributed by atoms with Crippen LogP contribution in [0, 0.1) is 0 Å². The summed E-state index contributed by atoms with van der Waals surface area (Å²) < 4.78 is 43.2. The van der Waals surface area contributed by atoms with Gasteiger partial charge in [-0.05, 0) is 24.9 Å². The highest BCUT2D eigenvalue weighted by molar-refractivity contribution is 5.90. The van der Waals surface area contributed by atoms with E-state index in [9.17, 15) is 29.7 Å². The van der Waals surface area contributed by atoms with E-state index in [2.05, 4.69) is 5.32 Å². The minimum Gasteiger partial charge on any atom is -0.479 e. The number of carbonyl (C=O) groups is 3. The molecule has 2 rings (SSSR count). The molecule has 5 atom stereocenters. The van der Waals surface area contributed by atoms with E-state index in [1.54, 1.807) is 0 Å². The number of carboxylic acids is 1. The maximum atomic E-state index is 12.1. The standard InChI is InChI=1S/C20H28N2O9/c23-13(21-12-8-4-3-5-9-12)10-6-1-2-7-11-14(24)22-31-20-17(27)15(25)16(26)18(30-20)19(28)29/h3-5,8-9,15-18,20,25-27H,1-2,6-7,10-11H2,(H,21,23)(H,22,24)(H,28,29)/t15-,16-,17+,18+,20-/m0/s1/i3D,4D,5D,8D,9D. The van der Waals surface area contributed by atoms with E-state index < -0.39 is 78.7 Å². The number of hydroxylamine groups is 1. The molecule has 0 aliphatic carbocycles. The van der Waals surface area contributed by atoms with Crippen molar-refractivity contribution in [2.75, 3.05) is 5.32 Å². The van der Waals surface area contributed by atoms with Crippen LogP contribution in [0.3, 0.4) is 0 Å². The average molecular weight is 445 g/mol. The third-order valence-electron chi connectivity index (χ3n) is 4.42. The molecule has 1 aromatic rings. The molecule has 1 fully saturated rings. The molecule has 0 unspecified atom stereocenters. The molecule has 0 bridgehead atoms. The van der Waals surface area contributed by atoms with Crippen LogP contribution in [0.25, 0.3) is 0 Å². The van der Waals surface area contributed by atoms with Crippen LogP contribution >= 0.6 is 0 Å². The number of aliphatic hydroxyl groups is 3. The molecule has 0 radical (unpaired) electrons. The van der Waals surface area contributed by atoms with Gasteiger partial charge in [-0.15, -0.1) is 0 Å². The van der Waals surface area contributed by atoms with Crippen LogP contribution in [0.5, 0.6) is 0 Å². The number of carbonyl (C=O) groups excluding carboxylic acids is 2. The second-order valence-electron chi connectivity index (χ2n) is 6.84. The van der Waals surface area contributed by atoms with Crippen LogP contribution in [-0.2, 0) is 24.0 Å². The Kier molecular flexibility index (Phi) is 7.17. The first-order chi connectivity index (χ1) is 16.9. The Labute approximate surface area is 186 Å². The number of aliphatic carboxylic acids is 1. The molecule has 1 aliphatic heterocycles. The van der Waals surface area contributed by atoms with E-state index in [4.69, 9.17) is 21.5 Å². The zero-order valence-corrected chi connectivity index (χ0v) is 16.5. The van der Waals surface area contributed by atoms with Crippen LogP contribution in [-0.4, -0.2) is 68.9 Å². The van der Waals surface area contributed by atoms with E-state index >= 15 is 0 Å². The lowest BCUT2D eigenvalue weighted by atomic mass is 9.99. The van der Waals surface area contributed by atoms with Gasteiger partial charge in [0.25, 0.3) is 0 Å². The average Bonchev–Trinajstić information content (AvgIpc) is 2.84. The zero-order valence-electron chi connectivity index (χ0n) is 21.5. The van der Waals surface area contributed by atoms with Gasteiger partial charge in [-0.25, -0.2) is 15.1 Å². The number of anilines is 1. The zero-order chi connectivity index (χ0) is 27.2. The summed E-state index contributed by atoms with van der Waals surface area (Å²) in [6.45, 7) is 0. The Bertz CT molecular complexity index is 954. The lowest BCUT2D eigenvalue weighted by Crippen LogP contribution is -2.61. The number of carboxylic acid groups (broad SMARTS) is 1. The number of rotatable bonds is 11. The molecule has 1 aromatic carbocycles. The fraction of sp³-hybridized carbons (Fsp3) is 0.550. The number of hydrogen-bond acceptors (Lipinski definition) is 8. The SMILES string of the molecule is [2H]c1c([2H])c([2H])c(NC(=O)CCCCCCC(=O)NO[C@@H]2O[C@@H](C(=O)O)[C@@H](O)[C@H](O)[C@H]2O)c([2H])c1[2H]. The van der Waals surface area contributed by atoms with E-state index in [1.165, 1.54) is 0 Å². The number of amides is 2. The van der Waals surface area contributed by atoms with Gasteiger partial charge in [0.1, 0.15) is 18.3 Å². The van der Waals surface area contributed by atoms with E-state index in [0.717, 1.165) is 0 Å². The molecule has 1 saturated heterocycles. The summed E-state index contributed by atoms with van der Waals surface area (Å²) in [5, 5.41) is 40.4. The van der Waals surface area contributed by atoms with Gasteiger partial charge in [-0.2, -0.15) is 0 Å². The number of benzene rings is 1. The van der Waals surface area contributed by atoms with Gasteiger partial charge in [0.2, 0.25) is 18.1 Å². The highest BCUT2D eigenvalue weighted by atomic mass is 16.8. The Morgan fingerprint density at radius 3 is 2.16 bits per heavy atom. The lowest BCUT2D eigenvalue weighted by Gasteiger charge is -2.37. The summed E-state index contributed by atoms with van der Waals surface area (Å²) >= 11 is 0. The summed E-state index contributed by atoms with van der Waals surface area (Å²) in [5.41, 5.74) is 1.70. The van der Waals surface area contributed by atoms with Crippen molar-refractivity contribution in [2.24, 2.45) is 0 Å². The van der Waals surface area contributed by atoms with Crippen molar-refractivity contribution in [1.82, 2.24) is 5.48 Å². The molecule has 1 heterocycles. The molecule has 6 N–H and O–H groups in total. The number of aliphatic hydroxyl groups excluding tert-OH is 3. The quantitative estimate of drug-likeness (QED) is 0.201. The van der Waals surface area contributed by atoms with Crippen molar-refractivity contribution in [3.05, 3.63) is 30.2 Å². The lowest BCUT2D eigenvalue weighted by molar-refractivity contribution is -0.306. The van der Waals surface area contributed by atoms with Crippen molar-refractivity contribution in [2.45, 2.75) is 69.2 Å². The van der Waals surface area contributed by atoms with Gasteiger partial charge in [-0.3, -0.25) is 9.59 Å². The summed E-state index contributed by atoms with van der Waals surface area (Å²) in [5.74, 6) is -2.72. The van der Waals surface area contributed by atoms with E-state index in [1.807, 2.05) is 5.48 Å². The minimum atomic E-state index is -1.88. The second-order valence-corrected chi connectivity index (χ2v) is 6.84. The summed E-state index contributed by atoms with van der Waals surface area (Å²) in [6, 6.07) is -2.65. The van der Waals surface area contributed by atoms with Crippen LogP contribution in [0.15, 0.2) is 30.2 Å². The minimum absolute atomic E-state index is 0.00895. The Hall–Kier alpha value is -2.57. The summed E-state index contributed by atoms with van der Waals surface area (Å²) in [6.07, 6.45) is -7.18. The fourth-order valence-electron chi connectivity index (χ4n) is 2.76. The number of nitrogens with one attached hydrogen (secondary N) is 2. The number of hydrogen-bond donors (Lipinski definition) is 6. The molecular weight excluding hydrogens is 412 g/mol. The third-order valence-corrected chi connectivity index (χ3v) is 4.42. The predicted octanol–water partition coefficient (Wildman–Crippen LogP) is -0.0943.